The topological polar surface area (TPSA) is 56.2 Å². The van der Waals surface area contributed by atoms with Crippen molar-refractivity contribution in [3.63, 3.8) is 0 Å². The van der Waals surface area contributed by atoms with E-state index >= 15 is 0 Å². The van der Waals surface area contributed by atoms with Gasteiger partial charge in [0.2, 0.25) is 5.89 Å². The highest BCUT2D eigenvalue weighted by Gasteiger charge is 2.32. The molecule has 0 saturated heterocycles. The number of aryl methyl sites for hydroxylation is 1. The third kappa shape index (κ3) is 2.11. The summed E-state index contributed by atoms with van der Waals surface area (Å²) in [7, 11) is 0. The van der Waals surface area contributed by atoms with Gasteiger partial charge in [0, 0.05) is 0 Å². The van der Waals surface area contributed by atoms with Crippen LogP contribution in [0.4, 0.5) is 0 Å². The van der Waals surface area contributed by atoms with E-state index in [9.17, 15) is 4.79 Å². The van der Waals surface area contributed by atoms with Gasteiger partial charge in [-0.15, -0.1) is 0 Å². The highest BCUT2D eigenvalue weighted by atomic mass is 16.6. The fraction of sp³-hybridized carbons (Fsp3) is 0.467. The summed E-state index contributed by atoms with van der Waals surface area (Å²) in [5.74, 6) is -0.454. The molecular formula is C15H19NO3. The lowest BCUT2D eigenvalue weighted by Gasteiger charge is -2.25. The van der Waals surface area contributed by atoms with Gasteiger partial charge in [-0.2, -0.15) is 0 Å². The summed E-state index contributed by atoms with van der Waals surface area (Å²) in [5, 5.41) is 3.73. The SMILES string of the molecule is Cc1cc(C(C)(C)c2noc(=O)o2)c(C)c(C)c1C. The molecule has 4 nitrogen and oxygen atoms in total. The first kappa shape index (κ1) is 13.6. The molecule has 0 fully saturated rings. The summed E-state index contributed by atoms with van der Waals surface area (Å²) >= 11 is 0. The Bertz CT molecular complexity index is 677. The highest BCUT2D eigenvalue weighted by Crippen LogP contribution is 2.35. The minimum Gasteiger partial charge on any atom is -0.374 e. The third-order valence-electron chi connectivity index (χ3n) is 4.07. The molecule has 0 amide bonds. The van der Waals surface area contributed by atoms with Gasteiger partial charge in [-0.25, -0.2) is 4.79 Å². The molecular weight excluding hydrogens is 242 g/mol. The molecule has 0 aliphatic heterocycles. The minimum absolute atomic E-state index is 0.309. The molecule has 0 spiro atoms. The lowest BCUT2D eigenvalue weighted by atomic mass is 9.78. The number of rotatable bonds is 2. The van der Waals surface area contributed by atoms with Gasteiger partial charge in [0.1, 0.15) is 0 Å². The van der Waals surface area contributed by atoms with E-state index in [2.05, 4.69) is 43.4 Å². The fourth-order valence-corrected chi connectivity index (χ4v) is 2.41. The zero-order chi connectivity index (χ0) is 14.4. The van der Waals surface area contributed by atoms with Gasteiger partial charge in [0.25, 0.3) is 0 Å². The summed E-state index contributed by atoms with van der Waals surface area (Å²) < 4.78 is 9.56. The Morgan fingerprint density at radius 3 is 2.21 bits per heavy atom. The molecule has 19 heavy (non-hydrogen) atoms. The van der Waals surface area contributed by atoms with Crippen molar-refractivity contribution in [2.75, 3.05) is 0 Å². The maximum Gasteiger partial charge on any atom is 0.542 e. The Morgan fingerprint density at radius 2 is 1.68 bits per heavy atom. The van der Waals surface area contributed by atoms with Crippen LogP contribution in [-0.2, 0) is 5.41 Å². The van der Waals surface area contributed by atoms with Crippen molar-refractivity contribution in [3.05, 3.63) is 50.4 Å². The van der Waals surface area contributed by atoms with E-state index in [0.29, 0.717) is 5.89 Å². The van der Waals surface area contributed by atoms with Crippen LogP contribution in [0.2, 0.25) is 0 Å². The minimum atomic E-state index is -0.763. The van der Waals surface area contributed by atoms with Gasteiger partial charge in [0.15, 0.2) is 0 Å². The number of hydrogen-bond acceptors (Lipinski definition) is 4. The summed E-state index contributed by atoms with van der Waals surface area (Å²) in [6, 6.07) is 2.13. The second kappa shape index (κ2) is 4.37. The molecule has 1 heterocycles. The van der Waals surface area contributed by atoms with E-state index < -0.39 is 11.2 Å². The number of aromatic nitrogens is 1. The van der Waals surface area contributed by atoms with E-state index in [1.165, 1.54) is 22.3 Å². The maximum atomic E-state index is 11.0. The second-order valence-corrected chi connectivity index (χ2v) is 5.58. The molecule has 0 bridgehead atoms. The van der Waals surface area contributed by atoms with Crippen molar-refractivity contribution in [3.8, 4) is 0 Å². The predicted molar refractivity (Wildman–Crippen MR) is 72.6 cm³/mol. The maximum absolute atomic E-state index is 11.0. The van der Waals surface area contributed by atoms with Crippen LogP contribution in [0.1, 0.15) is 47.6 Å². The van der Waals surface area contributed by atoms with Gasteiger partial charge < -0.3 is 4.42 Å². The molecule has 2 rings (SSSR count). The second-order valence-electron chi connectivity index (χ2n) is 5.58. The van der Waals surface area contributed by atoms with Gasteiger partial charge in [0.05, 0.1) is 5.41 Å². The molecule has 2 aromatic rings. The first-order valence-corrected chi connectivity index (χ1v) is 6.30. The summed E-state index contributed by atoms with van der Waals surface area (Å²) in [6.45, 7) is 12.3. The first-order valence-electron chi connectivity index (χ1n) is 6.30. The predicted octanol–water partition coefficient (Wildman–Crippen LogP) is 3.19. The molecule has 102 valence electrons. The Morgan fingerprint density at radius 1 is 1.05 bits per heavy atom. The highest BCUT2D eigenvalue weighted by molar-refractivity contribution is 5.48. The molecule has 1 aromatic heterocycles. The van der Waals surface area contributed by atoms with E-state index in [0.717, 1.165) is 5.56 Å². The molecule has 0 N–H and O–H groups in total. The van der Waals surface area contributed by atoms with Gasteiger partial charge in [-0.1, -0.05) is 6.07 Å². The van der Waals surface area contributed by atoms with E-state index in [1.54, 1.807) is 0 Å². The Hall–Kier alpha value is -1.84. The van der Waals surface area contributed by atoms with Crippen LogP contribution >= 0.6 is 0 Å². The molecule has 0 atom stereocenters. The van der Waals surface area contributed by atoms with Crippen LogP contribution in [-0.4, -0.2) is 5.16 Å². The largest absolute Gasteiger partial charge is 0.542 e. The lowest BCUT2D eigenvalue weighted by Crippen LogP contribution is -2.22. The Kier molecular flexibility index (Phi) is 3.12. The zero-order valence-electron chi connectivity index (χ0n) is 12.2. The van der Waals surface area contributed by atoms with Crippen molar-refractivity contribution >= 4 is 0 Å². The number of benzene rings is 1. The first-order chi connectivity index (χ1) is 8.75. The zero-order valence-corrected chi connectivity index (χ0v) is 12.2. The summed E-state index contributed by atoms with van der Waals surface area (Å²) in [5.41, 5.74) is 5.56. The van der Waals surface area contributed by atoms with Gasteiger partial charge >= 0.3 is 5.82 Å². The van der Waals surface area contributed by atoms with Crippen LogP contribution in [0, 0.1) is 27.7 Å². The smallest absolute Gasteiger partial charge is 0.374 e. The van der Waals surface area contributed by atoms with Crippen molar-refractivity contribution in [1.29, 1.82) is 0 Å². The van der Waals surface area contributed by atoms with Crippen molar-refractivity contribution in [2.24, 2.45) is 0 Å². The quantitative estimate of drug-likeness (QED) is 0.833. The Balaban J connectivity index is 2.67. The van der Waals surface area contributed by atoms with Crippen molar-refractivity contribution in [2.45, 2.75) is 47.0 Å². The average molecular weight is 261 g/mol. The molecule has 0 unspecified atom stereocenters. The van der Waals surface area contributed by atoms with Crippen LogP contribution < -0.4 is 5.82 Å². The van der Waals surface area contributed by atoms with Crippen molar-refractivity contribution < 1.29 is 8.94 Å². The van der Waals surface area contributed by atoms with Gasteiger partial charge in [-0.05, 0) is 74.5 Å². The molecule has 0 radical (unpaired) electrons. The number of nitrogens with zero attached hydrogens (tertiary/aromatic N) is 1. The summed E-state index contributed by atoms with van der Waals surface area (Å²) in [6.07, 6.45) is 0. The fourth-order valence-electron chi connectivity index (χ4n) is 2.41. The standard InChI is InChI=1S/C15H19NO3/c1-8-7-12(11(4)10(3)9(8)2)15(5,6)13-16-19-14(17)18-13/h7H,1-6H3. The molecule has 0 aliphatic carbocycles. The lowest BCUT2D eigenvalue weighted by molar-refractivity contribution is 0.331. The van der Waals surface area contributed by atoms with Crippen LogP contribution in [0.5, 0.6) is 0 Å². The van der Waals surface area contributed by atoms with Gasteiger partial charge in [-0.3, -0.25) is 4.52 Å². The molecule has 4 heteroatoms. The normalized spacial score (nSPS) is 11.9. The van der Waals surface area contributed by atoms with Crippen LogP contribution in [0.25, 0.3) is 0 Å². The summed E-state index contributed by atoms with van der Waals surface area (Å²) in [4.78, 5) is 11.0. The molecule has 0 aliphatic rings. The Labute approximate surface area is 112 Å². The average Bonchev–Trinajstić information content (AvgIpc) is 2.78. The molecule has 1 aromatic carbocycles. The van der Waals surface area contributed by atoms with E-state index in [4.69, 9.17) is 4.42 Å². The van der Waals surface area contributed by atoms with E-state index in [-0.39, 0.29) is 0 Å². The van der Waals surface area contributed by atoms with Crippen LogP contribution in [0.15, 0.2) is 19.8 Å². The number of hydrogen-bond donors (Lipinski definition) is 0. The van der Waals surface area contributed by atoms with Crippen LogP contribution in [0.3, 0.4) is 0 Å². The monoisotopic (exact) mass is 261 g/mol. The molecule has 0 saturated carbocycles. The van der Waals surface area contributed by atoms with E-state index in [1.807, 2.05) is 13.8 Å². The van der Waals surface area contributed by atoms with Crippen molar-refractivity contribution in [1.82, 2.24) is 5.16 Å². The third-order valence-corrected chi connectivity index (χ3v) is 4.07.